The number of allylic oxidation sites excluding steroid dienone is 2. The van der Waals surface area contributed by atoms with Gasteiger partial charge in [0, 0.05) is 0 Å². The summed E-state index contributed by atoms with van der Waals surface area (Å²) in [5.74, 6) is -0.579. The van der Waals surface area contributed by atoms with Gasteiger partial charge in [-0.15, -0.1) is 0 Å². The van der Waals surface area contributed by atoms with Crippen LogP contribution in [0.25, 0.3) is 0 Å². The maximum atomic E-state index is 12.6. The Labute approximate surface area is 412 Å². The summed E-state index contributed by atoms with van der Waals surface area (Å²) in [5.41, 5.74) is 0. The van der Waals surface area contributed by atoms with E-state index >= 15 is 0 Å². The topological polar surface area (TPSA) is 110 Å². The maximum Gasteiger partial charge on any atom is 0.249 e. The highest BCUT2D eigenvalue weighted by molar-refractivity contribution is 5.80. The highest BCUT2D eigenvalue weighted by Gasteiger charge is 2.28. The molecule has 66 heavy (non-hydrogen) atoms. The summed E-state index contributed by atoms with van der Waals surface area (Å²) in [6, 6.07) is -0.985. The summed E-state index contributed by atoms with van der Waals surface area (Å²) in [7, 11) is 0. The Kier molecular flexibility index (Phi) is 54.2. The Morgan fingerprint density at radius 1 is 0.364 bits per heavy atom. The average molecular weight is 935 g/mol. The van der Waals surface area contributed by atoms with Crippen molar-refractivity contribution in [2.24, 2.45) is 0 Å². The highest BCUT2D eigenvalue weighted by atomic mass is 16.3. The van der Waals surface area contributed by atoms with Crippen LogP contribution in [0.1, 0.15) is 335 Å². The molecule has 0 aliphatic rings. The molecular formula is C60H119NO5. The zero-order valence-corrected chi connectivity index (χ0v) is 44.7. The van der Waals surface area contributed by atoms with Crippen molar-refractivity contribution in [2.75, 3.05) is 6.61 Å². The third kappa shape index (κ3) is 48.1. The Balaban J connectivity index is 3.59. The Morgan fingerprint density at radius 2 is 0.606 bits per heavy atom. The van der Waals surface area contributed by atoms with Gasteiger partial charge in [-0.1, -0.05) is 309 Å². The van der Waals surface area contributed by atoms with Crippen molar-refractivity contribution < 1.29 is 25.2 Å². The van der Waals surface area contributed by atoms with Gasteiger partial charge in [0.1, 0.15) is 12.2 Å². The molecule has 6 nitrogen and oxygen atoms in total. The van der Waals surface area contributed by atoms with Crippen LogP contribution in [0.3, 0.4) is 0 Å². The van der Waals surface area contributed by atoms with Gasteiger partial charge in [-0.05, 0) is 38.5 Å². The Bertz CT molecular complexity index is 959. The van der Waals surface area contributed by atoms with Crippen molar-refractivity contribution >= 4 is 5.91 Å². The quantitative estimate of drug-likeness (QED) is 0.0308. The van der Waals surface area contributed by atoms with E-state index in [0.29, 0.717) is 12.8 Å². The fourth-order valence-electron chi connectivity index (χ4n) is 9.76. The van der Waals surface area contributed by atoms with E-state index in [9.17, 15) is 25.2 Å². The van der Waals surface area contributed by atoms with Crippen molar-refractivity contribution in [1.29, 1.82) is 0 Å². The molecule has 0 radical (unpaired) electrons. The van der Waals surface area contributed by atoms with Gasteiger partial charge < -0.3 is 25.7 Å². The first-order valence-electron chi connectivity index (χ1n) is 30.1. The second-order valence-corrected chi connectivity index (χ2v) is 21.1. The Hall–Kier alpha value is -0.950. The number of nitrogens with one attached hydrogen (secondary N) is 1. The van der Waals surface area contributed by atoms with Crippen LogP contribution in [-0.2, 0) is 4.79 Å². The van der Waals surface area contributed by atoms with E-state index < -0.39 is 36.9 Å². The first kappa shape index (κ1) is 65.0. The Morgan fingerprint density at radius 3 is 0.879 bits per heavy atom. The highest BCUT2D eigenvalue weighted by Crippen LogP contribution is 2.19. The van der Waals surface area contributed by atoms with Crippen LogP contribution in [0.15, 0.2) is 12.2 Å². The third-order valence-electron chi connectivity index (χ3n) is 14.5. The van der Waals surface area contributed by atoms with Crippen molar-refractivity contribution in [3.63, 3.8) is 0 Å². The number of carbonyl (C=O) groups is 1. The molecule has 0 aromatic rings. The number of aliphatic hydroxyl groups is 4. The number of unbranched alkanes of at least 4 members (excludes halogenated alkanes) is 45. The van der Waals surface area contributed by atoms with Gasteiger partial charge in [-0.25, -0.2) is 0 Å². The minimum absolute atomic E-state index is 0.370. The third-order valence-corrected chi connectivity index (χ3v) is 14.5. The summed E-state index contributed by atoms with van der Waals surface area (Å²) in [6.45, 7) is 4.10. The summed E-state index contributed by atoms with van der Waals surface area (Å²) < 4.78 is 0. The predicted octanol–water partition coefficient (Wildman–Crippen LogP) is 17.6. The minimum atomic E-state index is -1.26. The van der Waals surface area contributed by atoms with Gasteiger partial charge >= 0.3 is 0 Å². The maximum absolute atomic E-state index is 12.6. The molecule has 0 heterocycles. The lowest BCUT2D eigenvalue weighted by molar-refractivity contribution is -0.132. The molecule has 0 aromatic heterocycles. The zero-order chi connectivity index (χ0) is 48.1. The molecule has 0 aliphatic heterocycles. The molecule has 6 heteroatoms. The fraction of sp³-hybridized carbons (Fsp3) is 0.950. The fourth-order valence-corrected chi connectivity index (χ4v) is 9.76. The molecule has 0 rings (SSSR count). The minimum Gasteiger partial charge on any atom is -0.394 e. The second-order valence-electron chi connectivity index (χ2n) is 21.1. The van der Waals surface area contributed by atoms with Crippen LogP contribution in [0.4, 0.5) is 0 Å². The molecule has 0 aliphatic carbocycles. The lowest BCUT2D eigenvalue weighted by Crippen LogP contribution is -2.53. The van der Waals surface area contributed by atoms with Crippen LogP contribution in [-0.4, -0.2) is 57.3 Å². The number of hydrogen-bond acceptors (Lipinski definition) is 5. The molecule has 5 N–H and O–H groups in total. The van der Waals surface area contributed by atoms with Crippen molar-refractivity contribution in [3.8, 4) is 0 Å². The van der Waals surface area contributed by atoms with Gasteiger partial charge in [-0.2, -0.15) is 0 Å². The van der Waals surface area contributed by atoms with E-state index in [1.165, 1.54) is 270 Å². The molecule has 0 spiro atoms. The summed E-state index contributed by atoms with van der Waals surface area (Å²) >= 11 is 0. The molecule has 0 aromatic carbocycles. The number of amides is 1. The van der Waals surface area contributed by atoms with Crippen LogP contribution >= 0.6 is 0 Å². The van der Waals surface area contributed by atoms with Crippen molar-refractivity contribution in [1.82, 2.24) is 5.32 Å². The smallest absolute Gasteiger partial charge is 0.249 e. The van der Waals surface area contributed by atoms with Gasteiger partial charge in [0.25, 0.3) is 0 Å². The molecule has 4 atom stereocenters. The lowest BCUT2D eigenvalue weighted by Gasteiger charge is -2.27. The first-order valence-corrected chi connectivity index (χ1v) is 30.1. The van der Waals surface area contributed by atoms with Gasteiger partial charge in [0.05, 0.1) is 18.8 Å². The summed E-state index contributed by atoms with van der Waals surface area (Å²) in [6.07, 6.45) is 65.7. The summed E-state index contributed by atoms with van der Waals surface area (Å²) in [4.78, 5) is 12.6. The zero-order valence-electron chi connectivity index (χ0n) is 44.7. The van der Waals surface area contributed by atoms with Crippen LogP contribution in [0.2, 0.25) is 0 Å². The average Bonchev–Trinajstić information content (AvgIpc) is 3.32. The van der Waals surface area contributed by atoms with E-state index in [0.717, 1.165) is 38.5 Å². The predicted molar refractivity (Wildman–Crippen MR) is 288 cm³/mol. The van der Waals surface area contributed by atoms with E-state index in [1.54, 1.807) is 0 Å². The molecular weight excluding hydrogens is 815 g/mol. The number of carbonyl (C=O) groups excluding carboxylic acids is 1. The van der Waals surface area contributed by atoms with Crippen LogP contribution < -0.4 is 5.32 Å². The summed E-state index contributed by atoms with van der Waals surface area (Å²) in [5, 5.41) is 44.1. The van der Waals surface area contributed by atoms with E-state index in [4.69, 9.17) is 0 Å². The molecule has 4 unspecified atom stereocenters. The van der Waals surface area contributed by atoms with Crippen LogP contribution in [0, 0.1) is 0 Å². The van der Waals surface area contributed by atoms with E-state index in [2.05, 4.69) is 31.3 Å². The molecule has 0 fully saturated rings. The SMILES string of the molecule is CCCCCCCCCCCCCC/C=C\CCCCCCCCCCCC(O)C(=O)NC(CO)C(O)C(O)CCCCCCCCCCCCCCCCCCCCCCCCCCC. The number of aliphatic hydroxyl groups excluding tert-OH is 4. The number of hydrogen-bond donors (Lipinski definition) is 5. The molecule has 0 saturated carbocycles. The normalized spacial score (nSPS) is 13.7. The largest absolute Gasteiger partial charge is 0.394 e. The molecule has 0 saturated heterocycles. The second kappa shape index (κ2) is 55.0. The van der Waals surface area contributed by atoms with Crippen molar-refractivity contribution in [2.45, 2.75) is 359 Å². The van der Waals surface area contributed by atoms with Crippen LogP contribution in [0.5, 0.6) is 0 Å². The molecule has 394 valence electrons. The first-order chi connectivity index (χ1) is 32.5. The standard InChI is InChI=1S/C60H119NO5/c1-3-5-7-9-11-13-15-17-19-21-23-25-27-29-31-33-35-37-39-41-43-45-47-49-51-53-57(63)59(65)56(55-62)61-60(66)58(64)54-52-50-48-46-44-42-40-38-36-34-32-30-28-26-24-22-20-18-16-14-12-10-8-6-4-2/h30,32,56-59,62-65H,3-29,31,33-55H2,1-2H3,(H,61,66)/b32-30-. The van der Waals surface area contributed by atoms with E-state index in [1.807, 2.05) is 0 Å². The lowest BCUT2D eigenvalue weighted by atomic mass is 9.99. The molecule has 1 amide bonds. The van der Waals surface area contributed by atoms with Gasteiger partial charge in [0.2, 0.25) is 5.91 Å². The van der Waals surface area contributed by atoms with E-state index in [-0.39, 0.29) is 0 Å². The van der Waals surface area contributed by atoms with Gasteiger partial charge in [-0.3, -0.25) is 4.79 Å². The monoisotopic (exact) mass is 934 g/mol. The number of rotatable bonds is 56. The van der Waals surface area contributed by atoms with Gasteiger partial charge in [0.15, 0.2) is 0 Å². The van der Waals surface area contributed by atoms with Crippen molar-refractivity contribution in [3.05, 3.63) is 12.2 Å². The molecule has 0 bridgehead atoms.